The highest BCUT2D eigenvalue weighted by molar-refractivity contribution is 6.31. The number of carbonyl (C=O) groups excluding carboxylic acids is 1. The molecule has 26 heavy (non-hydrogen) atoms. The molecule has 0 aliphatic rings. The van der Waals surface area contributed by atoms with E-state index in [2.05, 4.69) is 10.5 Å². The van der Waals surface area contributed by atoms with Crippen LogP contribution in [0.25, 0.3) is 0 Å². The number of amides is 1. The van der Waals surface area contributed by atoms with Gasteiger partial charge in [-0.25, -0.2) is 0 Å². The molecule has 0 fully saturated rings. The summed E-state index contributed by atoms with van der Waals surface area (Å²) in [6, 6.07) is 10.6. The van der Waals surface area contributed by atoms with Crippen LogP contribution < -0.4 is 11.1 Å². The van der Waals surface area contributed by atoms with Gasteiger partial charge in [0.1, 0.15) is 0 Å². The predicted octanol–water partition coefficient (Wildman–Crippen LogP) is 4.02. The molecule has 1 atom stereocenters. The summed E-state index contributed by atoms with van der Waals surface area (Å²) in [6.45, 7) is 1.42. The van der Waals surface area contributed by atoms with Crippen LogP contribution in [-0.2, 0) is 15.8 Å². The Morgan fingerprint density at radius 3 is 2.46 bits per heavy atom. The second kappa shape index (κ2) is 8.09. The number of nitrogens with zero attached hydrogens (tertiary/aromatic N) is 1. The van der Waals surface area contributed by atoms with Crippen LogP contribution in [-0.4, -0.2) is 17.8 Å². The van der Waals surface area contributed by atoms with Gasteiger partial charge < -0.3 is 15.9 Å². The number of halogens is 4. The van der Waals surface area contributed by atoms with Crippen LogP contribution in [0.1, 0.15) is 18.1 Å². The van der Waals surface area contributed by atoms with Crippen LogP contribution >= 0.6 is 11.6 Å². The van der Waals surface area contributed by atoms with Crippen LogP contribution in [0, 0.1) is 0 Å². The van der Waals surface area contributed by atoms with Crippen molar-refractivity contribution < 1.29 is 22.8 Å². The molecule has 1 amide bonds. The largest absolute Gasteiger partial charge is 0.416 e. The molecule has 2 rings (SSSR count). The van der Waals surface area contributed by atoms with Gasteiger partial charge in [-0.05, 0) is 43.3 Å². The van der Waals surface area contributed by atoms with E-state index in [1.54, 1.807) is 24.3 Å². The fraction of sp³-hybridized carbons (Fsp3) is 0.176. The third-order valence-corrected chi connectivity index (χ3v) is 3.51. The number of rotatable bonds is 5. The van der Waals surface area contributed by atoms with Gasteiger partial charge in [0.2, 0.25) is 6.10 Å². The Morgan fingerprint density at radius 1 is 1.23 bits per heavy atom. The zero-order chi connectivity index (χ0) is 19.3. The van der Waals surface area contributed by atoms with Gasteiger partial charge in [-0.3, -0.25) is 4.79 Å². The molecule has 0 radical (unpaired) electrons. The van der Waals surface area contributed by atoms with E-state index in [9.17, 15) is 18.0 Å². The van der Waals surface area contributed by atoms with Crippen molar-refractivity contribution in [3.63, 3.8) is 0 Å². The zero-order valence-electron chi connectivity index (χ0n) is 13.5. The summed E-state index contributed by atoms with van der Waals surface area (Å²) in [4.78, 5) is 17.0. The van der Waals surface area contributed by atoms with Gasteiger partial charge in [0, 0.05) is 16.3 Å². The van der Waals surface area contributed by atoms with Crippen molar-refractivity contribution in [2.24, 2.45) is 10.9 Å². The lowest BCUT2D eigenvalue weighted by Crippen LogP contribution is -2.27. The Hall–Kier alpha value is -2.74. The molecule has 0 aliphatic carbocycles. The summed E-state index contributed by atoms with van der Waals surface area (Å²) in [5, 5.41) is 6.57. The van der Waals surface area contributed by atoms with Crippen LogP contribution in [0.4, 0.5) is 18.9 Å². The molecule has 0 aliphatic heterocycles. The Bertz CT molecular complexity index is 808. The first-order valence-corrected chi connectivity index (χ1v) is 7.78. The number of oxime groups is 1. The number of nitrogens with two attached hydrogens (primary N) is 1. The number of carbonyl (C=O) groups is 1. The summed E-state index contributed by atoms with van der Waals surface area (Å²) in [6.07, 6.45) is -5.46. The predicted molar refractivity (Wildman–Crippen MR) is 92.8 cm³/mol. The fourth-order valence-electron chi connectivity index (χ4n) is 1.87. The highest BCUT2D eigenvalue weighted by Gasteiger charge is 2.30. The maximum absolute atomic E-state index is 12.5. The smallest absolute Gasteiger partial charge is 0.381 e. The molecule has 0 saturated carbocycles. The molecule has 138 valence electrons. The minimum Gasteiger partial charge on any atom is -0.381 e. The summed E-state index contributed by atoms with van der Waals surface area (Å²) < 4.78 is 37.5. The van der Waals surface area contributed by atoms with Crippen molar-refractivity contribution in [2.75, 3.05) is 5.32 Å². The van der Waals surface area contributed by atoms with Crippen molar-refractivity contribution >= 4 is 29.0 Å². The Labute approximate surface area is 152 Å². The van der Waals surface area contributed by atoms with E-state index in [0.29, 0.717) is 10.6 Å². The molecular formula is C17H15ClF3N3O2. The number of anilines is 1. The summed E-state index contributed by atoms with van der Waals surface area (Å²) in [5.41, 5.74) is 5.66. The van der Waals surface area contributed by atoms with Gasteiger partial charge in [0.25, 0.3) is 5.91 Å². The van der Waals surface area contributed by atoms with Crippen molar-refractivity contribution in [1.29, 1.82) is 0 Å². The zero-order valence-corrected chi connectivity index (χ0v) is 14.3. The number of hydrogen-bond acceptors (Lipinski definition) is 3. The molecule has 5 nitrogen and oxygen atoms in total. The third kappa shape index (κ3) is 5.38. The van der Waals surface area contributed by atoms with Gasteiger partial charge in [0.15, 0.2) is 5.84 Å². The normalized spacial score (nSPS) is 13.2. The second-order valence-corrected chi connectivity index (χ2v) is 5.74. The first-order chi connectivity index (χ1) is 12.2. The Morgan fingerprint density at radius 2 is 1.88 bits per heavy atom. The van der Waals surface area contributed by atoms with Gasteiger partial charge >= 0.3 is 6.18 Å². The topological polar surface area (TPSA) is 76.7 Å². The van der Waals surface area contributed by atoms with Crippen LogP contribution in [0.3, 0.4) is 0 Å². The first-order valence-electron chi connectivity index (χ1n) is 7.40. The van der Waals surface area contributed by atoms with Gasteiger partial charge in [-0.1, -0.05) is 28.9 Å². The summed E-state index contributed by atoms with van der Waals surface area (Å²) in [5.74, 6) is -0.561. The number of benzene rings is 2. The monoisotopic (exact) mass is 385 g/mol. The van der Waals surface area contributed by atoms with Crippen LogP contribution in [0.2, 0.25) is 5.02 Å². The molecule has 1 unspecified atom stereocenters. The molecule has 0 spiro atoms. The van der Waals surface area contributed by atoms with E-state index >= 15 is 0 Å². The molecule has 2 aromatic carbocycles. The molecular weight excluding hydrogens is 371 g/mol. The number of hydrogen-bond donors (Lipinski definition) is 2. The molecule has 0 aromatic heterocycles. The number of amidine groups is 1. The van der Waals surface area contributed by atoms with Gasteiger partial charge in [0.05, 0.1) is 5.56 Å². The molecule has 9 heteroatoms. The van der Waals surface area contributed by atoms with Gasteiger partial charge in [-0.15, -0.1) is 0 Å². The lowest BCUT2D eigenvalue weighted by Gasteiger charge is -2.12. The van der Waals surface area contributed by atoms with Crippen LogP contribution in [0.5, 0.6) is 0 Å². The lowest BCUT2D eigenvalue weighted by atomic mass is 10.2. The highest BCUT2D eigenvalue weighted by Crippen LogP contribution is 2.29. The summed E-state index contributed by atoms with van der Waals surface area (Å²) in [7, 11) is 0. The van der Waals surface area contributed by atoms with Gasteiger partial charge in [-0.2, -0.15) is 13.2 Å². The molecule has 3 N–H and O–H groups in total. The Kier molecular flexibility index (Phi) is 6.10. The average Bonchev–Trinajstić information content (AvgIpc) is 2.59. The first kappa shape index (κ1) is 19.6. The van der Waals surface area contributed by atoms with E-state index in [1.165, 1.54) is 6.92 Å². The standard InChI is InChI=1S/C17H15ClF3N3O2/c1-10(26-24-15(22)11-3-2-4-13(18)9-11)16(25)23-14-7-5-12(6-8-14)17(19,20)21/h2-10H,1H3,(H2,22,24)(H,23,25). The van der Waals surface area contributed by atoms with Crippen molar-refractivity contribution in [3.05, 3.63) is 64.7 Å². The third-order valence-electron chi connectivity index (χ3n) is 3.28. The number of alkyl halides is 3. The quantitative estimate of drug-likeness (QED) is 0.463. The van der Waals surface area contributed by atoms with Crippen molar-refractivity contribution in [1.82, 2.24) is 0 Å². The molecule has 0 heterocycles. The minimum absolute atomic E-state index is 0.0293. The fourth-order valence-corrected chi connectivity index (χ4v) is 2.06. The van der Waals surface area contributed by atoms with E-state index in [0.717, 1.165) is 24.3 Å². The maximum atomic E-state index is 12.5. The average molecular weight is 386 g/mol. The lowest BCUT2D eigenvalue weighted by molar-refractivity contribution is -0.137. The second-order valence-electron chi connectivity index (χ2n) is 5.30. The Balaban J connectivity index is 1.96. The minimum atomic E-state index is -4.44. The van der Waals surface area contributed by atoms with Crippen molar-refractivity contribution in [3.8, 4) is 0 Å². The highest BCUT2D eigenvalue weighted by atomic mass is 35.5. The van der Waals surface area contributed by atoms with E-state index in [-0.39, 0.29) is 11.5 Å². The van der Waals surface area contributed by atoms with E-state index < -0.39 is 23.8 Å². The maximum Gasteiger partial charge on any atom is 0.416 e. The van der Waals surface area contributed by atoms with E-state index in [4.69, 9.17) is 22.2 Å². The van der Waals surface area contributed by atoms with Crippen LogP contribution in [0.15, 0.2) is 53.7 Å². The summed E-state index contributed by atoms with van der Waals surface area (Å²) >= 11 is 5.85. The molecule has 0 saturated heterocycles. The molecule has 2 aromatic rings. The molecule has 0 bridgehead atoms. The SMILES string of the molecule is CC(O/N=C(/N)c1cccc(Cl)c1)C(=O)Nc1ccc(C(F)(F)F)cc1. The van der Waals surface area contributed by atoms with E-state index in [1.807, 2.05) is 0 Å². The van der Waals surface area contributed by atoms with Crippen molar-refractivity contribution in [2.45, 2.75) is 19.2 Å². The number of nitrogens with one attached hydrogen (secondary N) is 1.